The molecule has 0 saturated heterocycles. The van der Waals surface area contributed by atoms with E-state index in [-0.39, 0.29) is 35.5 Å². The van der Waals surface area contributed by atoms with Crippen LogP contribution in [-0.2, 0) is 24.3 Å². The zero-order valence-electron chi connectivity index (χ0n) is 22.2. The van der Waals surface area contributed by atoms with Crippen molar-refractivity contribution in [2.45, 2.75) is 62.5 Å². The normalized spacial score (nSPS) is 22.2. The second-order valence-electron chi connectivity index (χ2n) is 10.9. The van der Waals surface area contributed by atoms with Gasteiger partial charge in [-0.15, -0.1) is 0 Å². The first-order valence-electron chi connectivity index (χ1n) is 13.2. The summed E-state index contributed by atoms with van der Waals surface area (Å²) in [5, 5.41) is 9.34. The molecule has 2 bridgehead atoms. The van der Waals surface area contributed by atoms with Gasteiger partial charge in [-0.25, -0.2) is 13.1 Å². The van der Waals surface area contributed by atoms with Crippen LogP contribution in [0.15, 0.2) is 77.7 Å². The molecule has 0 radical (unpaired) electrons. The van der Waals surface area contributed by atoms with Gasteiger partial charge in [0, 0.05) is 24.7 Å². The number of hydrogen-bond donors (Lipinski definition) is 2. The number of hydrogen-bond acceptors (Lipinski definition) is 5. The lowest BCUT2D eigenvalue weighted by Gasteiger charge is -2.49. The molecule has 204 valence electrons. The molecule has 7 nitrogen and oxygen atoms in total. The highest BCUT2D eigenvalue weighted by molar-refractivity contribution is 7.89. The largest absolute Gasteiger partial charge is 0.481 e. The summed E-state index contributed by atoms with van der Waals surface area (Å²) in [6, 6.07) is 21.7. The number of esters is 1. The Kier molecular flexibility index (Phi) is 7.35. The van der Waals surface area contributed by atoms with E-state index in [2.05, 4.69) is 4.72 Å². The topological polar surface area (TPSA) is 110 Å². The first-order chi connectivity index (χ1) is 18.6. The minimum Gasteiger partial charge on any atom is -0.481 e. The molecule has 3 aromatic rings. The van der Waals surface area contributed by atoms with Crippen molar-refractivity contribution in [3.05, 3.63) is 101 Å². The van der Waals surface area contributed by atoms with E-state index in [4.69, 9.17) is 4.74 Å². The van der Waals surface area contributed by atoms with E-state index in [9.17, 15) is 23.1 Å². The third-order valence-electron chi connectivity index (χ3n) is 8.07. The van der Waals surface area contributed by atoms with E-state index >= 15 is 0 Å². The molecular formula is C31H33NO6S. The highest BCUT2D eigenvalue weighted by Crippen LogP contribution is 2.54. The van der Waals surface area contributed by atoms with Crippen LogP contribution in [0.5, 0.6) is 0 Å². The van der Waals surface area contributed by atoms with Crippen LogP contribution >= 0.6 is 0 Å². The summed E-state index contributed by atoms with van der Waals surface area (Å²) in [5.41, 5.74) is 4.99. The van der Waals surface area contributed by atoms with Crippen LogP contribution in [0, 0.1) is 18.8 Å². The zero-order valence-corrected chi connectivity index (χ0v) is 23.0. The van der Waals surface area contributed by atoms with Crippen molar-refractivity contribution in [1.29, 1.82) is 0 Å². The van der Waals surface area contributed by atoms with E-state index in [1.54, 1.807) is 24.3 Å². The van der Waals surface area contributed by atoms with E-state index in [1.807, 2.05) is 69.3 Å². The molecule has 0 fully saturated rings. The molecule has 2 N–H and O–H groups in total. The van der Waals surface area contributed by atoms with Gasteiger partial charge in [-0.1, -0.05) is 80.1 Å². The van der Waals surface area contributed by atoms with Gasteiger partial charge in [0.25, 0.3) is 0 Å². The Hall–Kier alpha value is -3.49. The molecule has 3 aliphatic rings. The first kappa shape index (κ1) is 27.1. The average molecular weight is 548 g/mol. The van der Waals surface area contributed by atoms with Gasteiger partial charge in [0.15, 0.2) is 0 Å². The van der Waals surface area contributed by atoms with E-state index in [0.717, 1.165) is 27.8 Å². The van der Waals surface area contributed by atoms with E-state index in [1.165, 1.54) is 0 Å². The number of ether oxygens (including phenoxy) is 1. The van der Waals surface area contributed by atoms with Crippen LogP contribution in [0.2, 0.25) is 0 Å². The minimum atomic E-state index is -3.94. The van der Waals surface area contributed by atoms with Crippen molar-refractivity contribution in [2.24, 2.45) is 11.8 Å². The predicted molar refractivity (Wildman–Crippen MR) is 147 cm³/mol. The molecule has 8 heteroatoms. The number of carboxylic acid groups (broad SMARTS) is 1. The molecule has 0 aromatic heterocycles. The quantitative estimate of drug-likeness (QED) is 0.366. The van der Waals surface area contributed by atoms with Crippen molar-refractivity contribution in [1.82, 2.24) is 4.72 Å². The number of carbonyl (C=O) groups is 2. The predicted octanol–water partition coefficient (Wildman–Crippen LogP) is 4.98. The van der Waals surface area contributed by atoms with E-state index in [0.29, 0.717) is 0 Å². The van der Waals surface area contributed by atoms with Gasteiger partial charge in [0.1, 0.15) is 6.10 Å². The number of benzene rings is 3. The fourth-order valence-electron chi connectivity index (χ4n) is 6.05. The highest BCUT2D eigenvalue weighted by Gasteiger charge is 2.53. The maximum atomic E-state index is 13.6. The standard InChI is InChI=1S/C31H33NO6S/c1-18(2)20(16-26(33)34)17-27(35)38-31-29-24-10-6-4-8-22(24)28(23-9-5-7-11-25(23)29)30(31)32-39(36,37)21-14-12-19(3)13-15-21/h4-15,18,20,28-32H,16-17H2,1-3H3,(H,33,34)/t20-,28?,29?,30+,31-/m0/s1. The number of rotatable bonds is 9. The molecule has 6 rings (SSSR count). The van der Waals surface area contributed by atoms with Crippen molar-refractivity contribution in [3.63, 3.8) is 0 Å². The Bertz CT molecular complexity index is 1450. The molecule has 0 spiro atoms. The lowest BCUT2D eigenvalue weighted by Crippen LogP contribution is -2.57. The number of aliphatic carboxylic acids is 1. The van der Waals surface area contributed by atoms with Crippen LogP contribution < -0.4 is 4.72 Å². The molecule has 0 amide bonds. The number of carboxylic acids is 1. The molecule has 3 aromatic carbocycles. The molecule has 3 atom stereocenters. The van der Waals surface area contributed by atoms with Gasteiger partial charge >= 0.3 is 11.9 Å². The van der Waals surface area contributed by atoms with Crippen LogP contribution in [0.1, 0.15) is 66.3 Å². The van der Waals surface area contributed by atoms with Gasteiger partial charge in [-0.3, -0.25) is 9.59 Å². The molecule has 0 unspecified atom stereocenters. The molecule has 0 saturated carbocycles. The lowest BCUT2D eigenvalue weighted by atomic mass is 9.60. The van der Waals surface area contributed by atoms with Crippen molar-refractivity contribution in [3.8, 4) is 0 Å². The van der Waals surface area contributed by atoms with Crippen molar-refractivity contribution in [2.75, 3.05) is 0 Å². The van der Waals surface area contributed by atoms with Gasteiger partial charge in [-0.2, -0.15) is 0 Å². The Morgan fingerprint density at radius 1 is 0.846 bits per heavy atom. The summed E-state index contributed by atoms with van der Waals surface area (Å²) >= 11 is 0. The van der Waals surface area contributed by atoms with Crippen LogP contribution in [0.25, 0.3) is 0 Å². The third kappa shape index (κ3) is 5.23. The highest BCUT2D eigenvalue weighted by atomic mass is 32.2. The molecule has 39 heavy (non-hydrogen) atoms. The minimum absolute atomic E-state index is 0.0336. The number of nitrogens with one attached hydrogen (secondary N) is 1. The fourth-order valence-corrected chi connectivity index (χ4v) is 7.31. The molecule has 0 aliphatic heterocycles. The number of carbonyl (C=O) groups excluding carboxylic acids is 1. The lowest BCUT2D eigenvalue weighted by molar-refractivity contribution is -0.154. The summed E-state index contributed by atoms with van der Waals surface area (Å²) in [5.74, 6) is -2.65. The van der Waals surface area contributed by atoms with Crippen LogP contribution in [0.3, 0.4) is 0 Å². The second-order valence-corrected chi connectivity index (χ2v) is 12.6. The maximum Gasteiger partial charge on any atom is 0.306 e. The molecule has 0 heterocycles. The summed E-state index contributed by atoms with van der Waals surface area (Å²) in [4.78, 5) is 24.9. The van der Waals surface area contributed by atoms with Gasteiger partial charge in [0.05, 0.1) is 10.9 Å². The SMILES string of the molecule is Cc1ccc(S(=O)(=O)N[C@@H]2C3c4ccccc4C(c4ccccc43)[C@@H]2OC(=O)C[C@H](CC(=O)O)C(C)C)cc1. The smallest absolute Gasteiger partial charge is 0.306 e. The number of fused-ring (bicyclic) bond motifs is 1. The summed E-state index contributed by atoms with van der Waals surface area (Å²) in [7, 11) is -3.94. The molecular weight excluding hydrogens is 514 g/mol. The van der Waals surface area contributed by atoms with Gasteiger partial charge in [0.2, 0.25) is 10.0 Å². The zero-order chi connectivity index (χ0) is 27.9. The first-order valence-corrected chi connectivity index (χ1v) is 14.7. The second kappa shape index (κ2) is 10.6. The van der Waals surface area contributed by atoms with Crippen molar-refractivity contribution >= 4 is 22.0 Å². The Balaban J connectivity index is 1.56. The Morgan fingerprint density at radius 3 is 1.85 bits per heavy atom. The summed E-state index contributed by atoms with van der Waals surface area (Å²) < 4.78 is 36.3. The van der Waals surface area contributed by atoms with Crippen molar-refractivity contribution < 1.29 is 27.9 Å². The average Bonchev–Trinajstić information content (AvgIpc) is 2.89. The monoisotopic (exact) mass is 547 g/mol. The third-order valence-corrected chi connectivity index (χ3v) is 9.55. The van der Waals surface area contributed by atoms with Gasteiger partial charge in [-0.05, 0) is 53.1 Å². The maximum absolute atomic E-state index is 13.6. The Morgan fingerprint density at radius 2 is 1.36 bits per heavy atom. The molecule has 3 aliphatic carbocycles. The Labute approximate surface area is 229 Å². The van der Waals surface area contributed by atoms with Gasteiger partial charge < -0.3 is 9.84 Å². The van der Waals surface area contributed by atoms with Crippen LogP contribution in [-0.4, -0.2) is 37.6 Å². The number of sulfonamides is 1. The van der Waals surface area contributed by atoms with Crippen LogP contribution in [0.4, 0.5) is 0 Å². The summed E-state index contributed by atoms with van der Waals surface area (Å²) in [6.07, 6.45) is -0.998. The summed E-state index contributed by atoms with van der Waals surface area (Å²) in [6.45, 7) is 5.66. The van der Waals surface area contributed by atoms with E-state index < -0.39 is 40.0 Å². The fraction of sp³-hybridized carbons (Fsp3) is 0.355. The number of aryl methyl sites for hydroxylation is 1.